The number of carbonyl (C=O) groups is 2. The number of anilines is 1. The van der Waals surface area contributed by atoms with E-state index in [1.807, 2.05) is 12.1 Å². The summed E-state index contributed by atoms with van der Waals surface area (Å²) in [5, 5.41) is 21.1. The van der Waals surface area contributed by atoms with Gasteiger partial charge in [-0.1, -0.05) is 29.6 Å². The third-order valence-corrected chi connectivity index (χ3v) is 8.18. The van der Waals surface area contributed by atoms with Crippen LogP contribution in [0.4, 0.5) is 5.69 Å². The summed E-state index contributed by atoms with van der Waals surface area (Å²) in [7, 11) is 0. The van der Waals surface area contributed by atoms with Gasteiger partial charge in [-0.25, -0.2) is 14.6 Å². The second-order valence-electron chi connectivity index (χ2n) is 8.77. The number of nitrogens with zero attached hydrogens (tertiary/aromatic N) is 3. The van der Waals surface area contributed by atoms with Gasteiger partial charge in [0.1, 0.15) is 13.1 Å². The molecule has 4 aliphatic heterocycles. The molecule has 6 rings (SSSR count). The van der Waals surface area contributed by atoms with Crippen LogP contribution >= 0.6 is 23.2 Å². The lowest BCUT2D eigenvalue weighted by Gasteiger charge is -2.49. The summed E-state index contributed by atoms with van der Waals surface area (Å²) in [4.78, 5) is 18.2. The van der Waals surface area contributed by atoms with E-state index in [2.05, 4.69) is 22.3 Å². The number of hydrogen-bond acceptors (Lipinski definition) is 5. The molecule has 31 heavy (non-hydrogen) atoms. The molecule has 0 aromatic heterocycles. The van der Waals surface area contributed by atoms with Gasteiger partial charge in [-0.15, -0.1) is 0 Å². The van der Waals surface area contributed by atoms with Crippen molar-refractivity contribution in [2.75, 3.05) is 37.9 Å². The van der Waals surface area contributed by atoms with Gasteiger partial charge in [-0.2, -0.15) is 0 Å². The maximum Gasteiger partial charge on any atom is 0.414 e. The zero-order valence-electron chi connectivity index (χ0n) is 16.8. The predicted molar refractivity (Wildman–Crippen MR) is 114 cm³/mol. The van der Waals surface area contributed by atoms with Crippen molar-refractivity contribution in [3.8, 4) is 0 Å². The number of fused-ring (bicyclic) bond motifs is 4. The number of carboxylic acids is 2. The van der Waals surface area contributed by atoms with E-state index in [4.69, 9.17) is 47.7 Å². The van der Waals surface area contributed by atoms with Crippen molar-refractivity contribution in [1.29, 1.82) is 0 Å². The molecule has 0 amide bonds. The highest BCUT2D eigenvalue weighted by Crippen LogP contribution is 2.65. The molecule has 3 atom stereocenters. The topological polar surface area (TPSA) is 90.3 Å². The molecule has 8 nitrogen and oxygen atoms in total. The van der Waals surface area contributed by atoms with E-state index >= 15 is 0 Å². The maximum atomic E-state index is 9.10. The molecular weight excluding hydrogens is 445 g/mol. The van der Waals surface area contributed by atoms with E-state index in [0.717, 1.165) is 32.2 Å². The van der Waals surface area contributed by atoms with Crippen LogP contribution in [0, 0.1) is 5.92 Å². The number of rotatable bonds is 1. The van der Waals surface area contributed by atoms with Crippen LogP contribution in [-0.4, -0.2) is 76.2 Å². The molecule has 5 aliphatic rings. The van der Waals surface area contributed by atoms with Crippen LogP contribution in [0.1, 0.15) is 19.3 Å². The van der Waals surface area contributed by atoms with Crippen LogP contribution in [-0.2, 0) is 14.3 Å². The molecule has 1 saturated carbocycles. The number of hydrazine groups is 1. The minimum atomic E-state index is -1.82. The lowest BCUT2D eigenvalue weighted by atomic mass is 9.77. The Morgan fingerprint density at radius 3 is 2.45 bits per heavy atom. The number of ether oxygens (including phenoxy) is 1. The molecule has 4 heterocycles. The second-order valence-corrected chi connectivity index (χ2v) is 9.58. The van der Waals surface area contributed by atoms with Crippen LogP contribution in [0.15, 0.2) is 30.0 Å². The maximum absolute atomic E-state index is 9.10. The highest BCUT2D eigenvalue weighted by Gasteiger charge is 2.82. The smallest absolute Gasteiger partial charge is 0.414 e. The van der Waals surface area contributed by atoms with Crippen molar-refractivity contribution in [2.24, 2.45) is 5.92 Å². The molecule has 2 bridgehead atoms. The van der Waals surface area contributed by atoms with Gasteiger partial charge in [0, 0.05) is 6.20 Å². The summed E-state index contributed by atoms with van der Waals surface area (Å²) in [6.45, 7) is 5.34. The number of benzene rings is 1. The Morgan fingerprint density at radius 1 is 1.10 bits per heavy atom. The summed E-state index contributed by atoms with van der Waals surface area (Å²) in [6, 6.07) is 6.58. The molecule has 2 spiro atoms. The Balaban J connectivity index is 0.000000303. The van der Waals surface area contributed by atoms with Crippen LogP contribution in [0.2, 0.25) is 10.0 Å². The van der Waals surface area contributed by atoms with Crippen molar-refractivity contribution in [2.45, 2.75) is 31.0 Å². The quantitative estimate of drug-likeness (QED) is 0.372. The molecule has 2 saturated heterocycles. The third kappa shape index (κ3) is 2.96. The average Bonchev–Trinajstić information content (AvgIpc) is 3.05. The standard InChI is InChI=1S/C19H22Cl2N3O.C2H2O4/c20-16-5-4-13(10-17(16)21)23-18-3-1-2-15-14(18)11-22(23)19(15)12-24(19)6-8-25-9-7-24;3-1(4)2(5)6/h4-5,10-11,15,18H,1-3,6-9,12H2;(H,3,4)(H,5,6)/q+1;. The van der Waals surface area contributed by atoms with Crippen molar-refractivity contribution in [1.82, 2.24) is 5.01 Å². The normalized spacial score (nSPS) is 31.4. The molecule has 10 heteroatoms. The Bertz CT molecular complexity index is 968. The second kappa shape index (κ2) is 7.27. The first-order chi connectivity index (χ1) is 14.8. The van der Waals surface area contributed by atoms with E-state index in [-0.39, 0.29) is 5.66 Å². The minimum Gasteiger partial charge on any atom is -0.473 e. The molecule has 1 aromatic rings. The fourth-order valence-corrected chi connectivity index (χ4v) is 6.43. The lowest BCUT2D eigenvalue weighted by molar-refractivity contribution is -0.850. The van der Waals surface area contributed by atoms with Gasteiger partial charge in [0.25, 0.3) is 0 Å². The Morgan fingerprint density at radius 2 is 1.81 bits per heavy atom. The summed E-state index contributed by atoms with van der Waals surface area (Å²) in [5.74, 6) is -2.92. The van der Waals surface area contributed by atoms with Gasteiger partial charge in [0.15, 0.2) is 6.54 Å². The van der Waals surface area contributed by atoms with Crippen LogP contribution < -0.4 is 5.01 Å². The number of aliphatic carboxylic acids is 2. The van der Waals surface area contributed by atoms with E-state index < -0.39 is 11.9 Å². The molecule has 1 aliphatic carbocycles. The molecule has 166 valence electrons. The van der Waals surface area contributed by atoms with Crippen molar-refractivity contribution < 1.29 is 29.0 Å². The lowest BCUT2D eigenvalue weighted by Crippen LogP contribution is -2.63. The fraction of sp³-hybridized carbons (Fsp3) is 0.524. The first-order valence-electron chi connectivity index (χ1n) is 10.5. The SMILES string of the molecule is Clc1ccc(N2C3CCCC4C3=CN2C42C[N+]23CCOCC3)cc1Cl.O=C(O)C(=O)O. The molecule has 3 unspecified atom stereocenters. The van der Waals surface area contributed by atoms with E-state index in [9.17, 15) is 0 Å². The molecule has 2 N–H and O–H groups in total. The Labute approximate surface area is 189 Å². The van der Waals surface area contributed by atoms with E-state index in [1.54, 1.807) is 5.57 Å². The Kier molecular flexibility index (Phi) is 4.89. The molecule has 1 aromatic carbocycles. The largest absolute Gasteiger partial charge is 0.473 e. The number of carboxylic acid groups (broad SMARTS) is 2. The van der Waals surface area contributed by atoms with Gasteiger partial charge < -0.3 is 14.9 Å². The summed E-state index contributed by atoms with van der Waals surface area (Å²) in [5.41, 5.74) is 3.06. The first kappa shape index (κ1) is 20.9. The summed E-state index contributed by atoms with van der Waals surface area (Å²) in [6.07, 6.45) is 6.35. The number of morpholine rings is 1. The minimum absolute atomic E-state index is 0.238. The molecule has 3 fully saturated rings. The zero-order valence-corrected chi connectivity index (χ0v) is 18.3. The monoisotopic (exact) mass is 468 g/mol. The highest BCUT2D eigenvalue weighted by atomic mass is 35.5. The summed E-state index contributed by atoms with van der Waals surface area (Å²) >= 11 is 12.5. The van der Waals surface area contributed by atoms with Gasteiger partial charge in [0.2, 0.25) is 5.66 Å². The van der Waals surface area contributed by atoms with Crippen molar-refractivity contribution in [3.05, 3.63) is 40.0 Å². The van der Waals surface area contributed by atoms with Gasteiger partial charge >= 0.3 is 11.9 Å². The zero-order chi connectivity index (χ0) is 22.0. The molecular formula is C21H24Cl2N3O5+. The van der Waals surface area contributed by atoms with Crippen LogP contribution in [0.25, 0.3) is 0 Å². The van der Waals surface area contributed by atoms with Crippen LogP contribution in [0.5, 0.6) is 0 Å². The highest BCUT2D eigenvalue weighted by molar-refractivity contribution is 6.42. The van der Waals surface area contributed by atoms with Gasteiger partial charge in [-0.3, -0.25) is 9.49 Å². The van der Waals surface area contributed by atoms with E-state index in [0.29, 0.717) is 16.1 Å². The van der Waals surface area contributed by atoms with Crippen LogP contribution in [0.3, 0.4) is 0 Å². The number of halogens is 2. The van der Waals surface area contributed by atoms with E-state index in [1.165, 1.54) is 36.0 Å². The number of hydrogen-bond donors (Lipinski definition) is 2. The van der Waals surface area contributed by atoms with Gasteiger partial charge in [0.05, 0.1) is 40.9 Å². The molecule has 0 radical (unpaired) electrons. The summed E-state index contributed by atoms with van der Waals surface area (Å²) < 4.78 is 6.89. The third-order valence-electron chi connectivity index (χ3n) is 7.44. The Hall–Kier alpha value is -2.00. The fourth-order valence-electron chi connectivity index (χ4n) is 6.14. The number of quaternary nitrogens is 1. The van der Waals surface area contributed by atoms with Gasteiger partial charge in [-0.05, 0) is 36.6 Å². The van der Waals surface area contributed by atoms with Crippen molar-refractivity contribution >= 4 is 40.8 Å². The predicted octanol–water partition coefficient (Wildman–Crippen LogP) is 2.81. The average molecular weight is 469 g/mol. The van der Waals surface area contributed by atoms with Crippen molar-refractivity contribution in [3.63, 3.8) is 0 Å². The first-order valence-corrected chi connectivity index (χ1v) is 11.2.